The molecule has 0 bridgehead atoms. The fourth-order valence-electron chi connectivity index (χ4n) is 1.63. The highest BCUT2D eigenvalue weighted by atomic mass is 14.2. The Morgan fingerprint density at radius 3 is 2.64 bits per heavy atom. The molecule has 0 aromatic heterocycles. The van der Waals surface area contributed by atoms with Gasteiger partial charge in [-0.25, -0.2) is 0 Å². The first kappa shape index (κ1) is 8.32. The summed E-state index contributed by atoms with van der Waals surface area (Å²) in [5.41, 5.74) is 4.23. The quantitative estimate of drug-likeness (QED) is 0.532. The van der Waals surface area contributed by atoms with Gasteiger partial charge in [-0.2, -0.15) is 0 Å². The summed E-state index contributed by atoms with van der Waals surface area (Å²) in [6.07, 6.45) is 7.99. The van der Waals surface area contributed by atoms with Gasteiger partial charge in [-0.1, -0.05) is 24.3 Å². The Kier molecular flexibility index (Phi) is 2.70. The Balaban J connectivity index is 2.85. The molecule has 0 aromatic rings. The molecule has 60 valence electrons. The maximum atomic E-state index is 4.05. The van der Waals surface area contributed by atoms with Crippen LogP contribution in [0.15, 0.2) is 35.5 Å². The molecule has 0 unspecified atom stereocenters. The molecule has 0 spiro atoms. The lowest BCUT2D eigenvalue weighted by molar-refractivity contribution is 0.931. The van der Waals surface area contributed by atoms with E-state index in [0.717, 1.165) is 0 Å². The average Bonchev–Trinajstić information content (AvgIpc) is 2.36. The van der Waals surface area contributed by atoms with Crippen molar-refractivity contribution in [2.45, 2.75) is 33.1 Å². The molecule has 0 saturated heterocycles. The summed E-state index contributed by atoms with van der Waals surface area (Å²) in [6.45, 7) is 8.28. The summed E-state index contributed by atoms with van der Waals surface area (Å²) in [6, 6.07) is 0. The van der Waals surface area contributed by atoms with E-state index >= 15 is 0 Å². The Morgan fingerprint density at radius 1 is 1.45 bits per heavy atom. The van der Waals surface area contributed by atoms with Crippen LogP contribution in [0.4, 0.5) is 0 Å². The van der Waals surface area contributed by atoms with Crippen molar-refractivity contribution in [3.05, 3.63) is 35.5 Å². The van der Waals surface area contributed by atoms with Gasteiger partial charge < -0.3 is 0 Å². The molecule has 1 aliphatic carbocycles. The second-order valence-corrected chi connectivity index (χ2v) is 3.12. The van der Waals surface area contributed by atoms with Crippen molar-refractivity contribution in [3.8, 4) is 0 Å². The van der Waals surface area contributed by atoms with Crippen LogP contribution in [0.25, 0.3) is 0 Å². The number of hydrogen-bond donors (Lipinski definition) is 0. The highest BCUT2D eigenvalue weighted by Crippen LogP contribution is 2.31. The third-order valence-corrected chi connectivity index (χ3v) is 2.22. The van der Waals surface area contributed by atoms with Gasteiger partial charge in [0.2, 0.25) is 0 Å². The number of hydrogen-bond acceptors (Lipinski definition) is 0. The first-order valence-corrected chi connectivity index (χ1v) is 4.26. The van der Waals surface area contributed by atoms with E-state index in [2.05, 4.69) is 32.6 Å². The molecule has 1 fully saturated rings. The molecular weight excluding hydrogens is 132 g/mol. The van der Waals surface area contributed by atoms with Gasteiger partial charge in [0.15, 0.2) is 0 Å². The number of rotatable bonds is 1. The van der Waals surface area contributed by atoms with Gasteiger partial charge in [-0.05, 0) is 44.3 Å². The predicted octanol–water partition coefficient (Wildman–Crippen LogP) is 3.62. The van der Waals surface area contributed by atoms with Crippen LogP contribution in [0, 0.1) is 0 Å². The van der Waals surface area contributed by atoms with Gasteiger partial charge in [-0.15, -0.1) is 0 Å². The van der Waals surface area contributed by atoms with Crippen LogP contribution in [0.3, 0.4) is 0 Å². The zero-order chi connectivity index (χ0) is 8.27. The first-order chi connectivity index (χ1) is 5.25. The molecule has 1 aliphatic rings. The van der Waals surface area contributed by atoms with Crippen LogP contribution in [0.2, 0.25) is 0 Å². The van der Waals surface area contributed by atoms with Crippen molar-refractivity contribution in [3.63, 3.8) is 0 Å². The van der Waals surface area contributed by atoms with Crippen LogP contribution in [0.1, 0.15) is 33.1 Å². The SMILES string of the molecule is C=C1CCC/C1=C(C)/C=C\C. The second kappa shape index (κ2) is 3.56. The monoisotopic (exact) mass is 148 g/mol. The molecule has 1 rings (SSSR count). The Bertz CT molecular complexity index is 216. The molecule has 0 aliphatic heterocycles. The van der Waals surface area contributed by atoms with Crippen LogP contribution in [-0.4, -0.2) is 0 Å². The van der Waals surface area contributed by atoms with Crippen LogP contribution >= 0.6 is 0 Å². The van der Waals surface area contributed by atoms with Crippen molar-refractivity contribution in [2.24, 2.45) is 0 Å². The molecule has 0 nitrogen and oxygen atoms in total. The lowest BCUT2D eigenvalue weighted by Crippen LogP contribution is -1.81. The largest absolute Gasteiger partial charge is 0.0955 e. The summed E-state index contributed by atoms with van der Waals surface area (Å²) in [5, 5.41) is 0. The molecule has 0 N–H and O–H groups in total. The van der Waals surface area contributed by atoms with E-state index in [-0.39, 0.29) is 0 Å². The van der Waals surface area contributed by atoms with Gasteiger partial charge >= 0.3 is 0 Å². The lowest BCUT2D eigenvalue weighted by atomic mass is 10.1. The fraction of sp³-hybridized carbons (Fsp3) is 0.455. The normalized spacial score (nSPS) is 23.3. The van der Waals surface area contributed by atoms with Crippen LogP contribution in [-0.2, 0) is 0 Å². The van der Waals surface area contributed by atoms with Crippen molar-refractivity contribution < 1.29 is 0 Å². The van der Waals surface area contributed by atoms with Gasteiger partial charge in [0, 0.05) is 0 Å². The predicted molar refractivity (Wildman–Crippen MR) is 50.5 cm³/mol. The maximum Gasteiger partial charge on any atom is -0.0271 e. The second-order valence-electron chi connectivity index (χ2n) is 3.12. The molecule has 0 amide bonds. The van der Waals surface area contributed by atoms with Crippen molar-refractivity contribution in [2.75, 3.05) is 0 Å². The summed E-state index contributed by atoms with van der Waals surface area (Å²) in [7, 11) is 0. The zero-order valence-corrected chi connectivity index (χ0v) is 7.48. The van der Waals surface area contributed by atoms with E-state index in [1.54, 1.807) is 0 Å². The Labute approximate surface area is 69.3 Å². The van der Waals surface area contributed by atoms with Crippen LogP contribution < -0.4 is 0 Å². The fourth-order valence-corrected chi connectivity index (χ4v) is 1.63. The third-order valence-electron chi connectivity index (χ3n) is 2.22. The molecule has 0 heterocycles. The lowest BCUT2D eigenvalue weighted by Gasteiger charge is -2.01. The zero-order valence-electron chi connectivity index (χ0n) is 7.48. The summed E-state index contributed by atoms with van der Waals surface area (Å²) >= 11 is 0. The molecule has 0 radical (unpaired) electrons. The van der Waals surface area contributed by atoms with Crippen molar-refractivity contribution in [1.82, 2.24) is 0 Å². The van der Waals surface area contributed by atoms with Crippen molar-refractivity contribution in [1.29, 1.82) is 0 Å². The van der Waals surface area contributed by atoms with Gasteiger partial charge in [0.25, 0.3) is 0 Å². The number of allylic oxidation sites excluding steroid dienone is 5. The van der Waals surface area contributed by atoms with Crippen molar-refractivity contribution >= 4 is 0 Å². The standard InChI is InChI=1S/C11H16/c1-4-6-9(2)11-8-5-7-10(11)3/h4,6H,3,5,7-8H2,1-2H3/b6-4-,11-9-. The summed E-state index contributed by atoms with van der Waals surface area (Å²) < 4.78 is 0. The minimum atomic E-state index is 1.20. The highest BCUT2D eigenvalue weighted by molar-refractivity contribution is 5.40. The highest BCUT2D eigenvalue weighted by Gasteiger charge is 2.12. The maximum absolute atomic E-state index is 4.05. The van der Waals surface area contributed by atoms with Gasteiger partial charge in [0.05, 0.1) is 0 Å². The van der Waals surface area contributed by atoms with Gasteiger partial charge in [-0.3, -0.25) is 0 Å². The van der Waals surface area contributed by atoms with Gasteiger partial charge in [0.1, 0.15) is 0 Å². The van der Waals surface area contributed by atoms with E-state index in [1.807, 2.05) is 0 Å². The average molecular weight is 148 g/mol. The molecule has 1 saturated carbocycles. The first-order valence-electron chi connectivity index (χ1n) is 4.26. The Morgan fingerprint density at radius 2 is 2.18 bits per heavy atom. The van der Waals surface area contributed by atoms with E-state index in [0.29, 0.717) is 0 Å². The third kappa shape index (κ3) is 1.83. The van der Waals surface area contributed by atoms with E-state index < -0.39 is 0 Å². The smallest absolute Gasteiger partial charge is 0.0271 e. The molecular formula is C11H16. The molecule has 0 heteroatoms. The summed E-state index contributed by atoms with van der Waals surface area (Å²) in [4.78, 5) is 0. The minimum Gasteiger partial charge on any atom is -0.0955 e. The summed E-state index contributed by atoms with van der Waals surface area (Å²) in [5.74, 6) is 0. The Hall–Kier alpha value is -0.780. The van der Waals surface area contributed by atoms with E-state index in [1.165, 1.54) is 36.0 Å². The van der Waals surface area contributed by atoms with E-state index in [4.69, 9.17) is 0 Å². The van der Waals surface area contributed by atoms with Crippen LogP contribution in [0.5, 0.6) is 0 Å². The topological polar surface area (TPSA) is 0 Å². The van der Waals surface area contributed by atoms with E-state index in [9.17, 15) is 0 Å². The molecule has 11 heavy (non-hydrogen) atoms. The minimum absolute atomic E-state index is 1.20. The molecule has 0 atom stereocenters. The molecule has 0 aromatic carbocycles.